The van der Waals surface area contributed by atoms with E-state index in [9.17, 15) is 0 Å². The van der Waals surface area contributed by atoms with Gasteiger partial charge in [-0.1, -0.05) is 32.3 Å². The number of unbranched alkanes of at least 4 members (excludes halogenated alkanes) is 2. The van der Waals surface area contributed by atoms with E-state index >= 15 is 0 Å². The van der Waals surface area contributed by atoms with E-state index in [0.29, 0.717) is 0 Å². The summed E-state index contributed by atoms with van der Waals surface area (Å²) < 4.78 is 0. The molecule has 0 aromatic carbocycles. The minimum Gasteiger partial charge on any atom is -0.293 e. The van der Waals surface area contributed by atoms with Gasteiger partial charge in [0.25, 0.3) is 0 Å². The van der Waals surface area contributed by atoms with Crippen LogP contribution in [0.5, 0.6) is 0 Å². The summed E-state index contributed by atoms with van der Waals surface area (Å²) >= 11 is 0. The van der Waals surface area contributed by atoms with Gasteiger partial charge in [-0.15, -0.1) is 12.5 Å². The Kier molecular flexibility index (Phi) is 8.03. The van der Waals surface area contributed by atoms with E-state index in [4.69, 9.17) is 0 Å². The summed E-state index contributed by atoms with van der Waals surface area (Å²) in [5, 5.41) is 0. The van der Waals surface area contributed by atoms with E-state index in [-0.39, 0.29) is 5.54 Å². The lowest BCUT2D eigenvalue weighted by atomic mass is 9.89. The van der Waals surface area contributed by atoms with Gasteiger partial charge in [-0.25, -0.2) is 0 Å². The van der Waals surface area contributed by atoms with Crippen molar-refractivity contribution in [1.82, 2.24) is 4.90 Å². The molecular formula is C15H27N. The van der Waals surface area contributed by atoms with Crippen molar-refractivity contribution >= 4 is 0 Å². The highest BCUT2D eigenvalue weighted by Crippen LogP contribution is 2.22. The minimum absolute atomic E-state index is 0.0436. The fraction of sp³-hybridized carbons (Fsp3) is 0.733. The summed E-state index contributed by atoms with van der Waals surface area (Å²) in [6.45, 7) is 8.23. The average molecular weight is 221 g/mol. The van der Waals surface area contributed by atoms with Crippen molar-refractivity contribution in [2.45, 2.75) is 57.9 Å². The molecule has 0 saturated carbocycles. The number of hydrogen-bond acceptors (Lipinski definition) is 1. The predicted octanol–water partition coefficient (Wildman–Crippen LogP) is 3.86. The van der Waals surface area contributed by atoms with Crippen LogP contribution >= 0.6 is 0 Å². The van der Waals surface area contributed by atoms with Crippen LogP contribution in [0.15, 0.2) is 12.7 Å². The number of allylic oxidation sites excluding steroid dienone is 1. The molecule has 0 amide bonds. The molecule has 0 aliphatic rings. The number of rotatable bonds is 7. The smallest absolute Gasteiger partial charge is 0.0821 e. The van der Waals surface area contributed by atoms with Crippen molar-refractivity contribution in [2.75, 3.05) is 14.1 Å². The average Bonchev–Trinajstić information content (AvgIpc) is 2.28. The van der Waals surface area contributed by atoms with Crippen molar-refractivity contribution in [3.8, 4) is 11.8 Å². The second-order valence-electron chi connectivity index (χ2n) is 4.51. The van der Waals surface area contributed by atoms with Gasteiger partial charge < -0.3 is 0 Å². The van der Waals surface area contributed by atoms with Crippen molar-refractivity contribution in [2.24, 2.45) is 0 Å². The molecule has 0 aliphatic heterocycles. The third-order valence-corrected chi connectivity index (χ3v) is 3.18. The zero-order valence-electron chi connectivity index (χ0n) is 11.5. The Balaban J connectivity index is 4.59. The van der Waals surface area contributed by atoms with Crippen LogP contribution in [-0.2, 0) is 0 Å². The Morgan fingerprint density at radius 3 is 2.44 bits per heavy atom. The van der Waals surface area contributed by atoms with Crippen LogP contribution in [0.1, 0.15) is 52.4 Å². The molecular weight excluding hydrogens is 194 g/mol. The standard InChI is InChI=1S/C15H27N/c1-6-9-11-12-14-15(8-3,16(4)5)13-10-7-2/h7H,2,6,8-11,13H2,1,3-5H3. The summed E-state index contributed by atoms with van der Waals surface area (Å²) in [4.78, 5) is 2.26. The predicted molar refractivity (Wildman–Crippen MR) is 73.4 cm³/mol. The van der Waals surface area contributed by atoms with Crippen molar-refractivity contribution < 1.29 is 0 Å². The Hall–Kier alpha value is -0.740. The Morgan fingerprint density at radius 2 is 2.00 bits per heavy atom. The van der Waals surface area contributed by atoms with Gasteiger partial charge in [0.1, 0.15) is 0 Å². The maximum absolute atomic E-state index is 3.80. The minimum atomic E-state index is 0.0436. The lowest BCUT2D eigenvalue weighted by Gasteiger charge is -2.34. The maximum Gasteiger partial charge on any atom is 0.0821 e. The second-order valence-corrected chi connectivity index (χ2v) is 4.51. The zero-order chi connectivity index (χ0) is 12.4. The van der Waals surface area contributed by atoms with E-state index < -0.39 is 0 Å². The molecule has 0 radical (unpaired) electrons. The van der Waals surface area contributed by atoms with Crippen LogP contribution in [0.2, 0.25) is 0 Å². The summed E-state index contributed by atoms with van der Waals surface area (Å²) in [6.07, 6.45) is 8.65. The molecule has 0 aromatic rings. The Bertz CT molecular complexity index is 244. The molecule has 0 N–H and O–H groups in total. The molecule has 1 unspecified atom stereocenters. The van der Waals surface area contributed by atoms with Gasteiger partial charge in [0.2, 0.25) is 0 Å². The molecule has 0 saturated heterocycles. The molecule has 0 aliphatic carbocycles. The molecule has 92 valence electrons. The van der Waals surface area contributed by atoms with Gasteiger partial charge in [-0.2, -0.15) is 0 Å². The second kappa shape index (κ2) is 8.42. The van der Waals surface area contributed by atoms with Gasteiger partial charge in [0.05, 0.1) is 5.54 Å². The third kappa shape index (κ3) is 4.86. The van der Waals surface area contributed by atoms with Gasteiger partial charge >= 0.3 is 0 Å². The summed E-state index contributed by atoms with van der Waals surface area (Å²) in [5.41, 5.74) is 0.0436. The van der Waals surface area contributed by atoms with Gasteiger partial charge in [0.15, 0.2) is 0 Å². The molecule has 1 nitrogen and oxygen atoms in total. The fourth-order valence-corrected chi connectivity index (χ4v) is 1.81. The van der Waals surface area contributed by atoms with Crippen molar-refractivity contribution in [3.63, 3.8) is 0 Å². The SMILES string of the molecule is C=CCCC(C#CCCCC)(CC)N(C)C. The monoisotopic (exact) mass is 221 g/mol. The lowest BCUT2D eigenvalue weighted by Crippen LogP contribution is -2.42. The molecule has 0 aromatic heterocycles. The molecule has 0 spiro atoms. The van der Waals surface area contributed by atoms with E-state index in [1.807, 2.05) is 6.08 Å². The molecule has 0 fully saturated rings. The Morgan fingerprint density at radius 1 is 1.31 bits per heavy atom. The van der Waals surface area contributed by atoms with Crippen LogP contribution in [0.4, 0.5) is 0 Å². The first-order chi connectivity index (χ1) is 7.63. The molecule has 16 heavy (non-hydrogen) atoms. The first kappa shape index (κ1) is 15.3. The summed E-state index contributed by atoms with van der Waals surface area (Å²) in [5.74, 6) is 6.82. The van der Waals surface area contributed by atoms with Crippen LogP contribution in [0.25, 0.3) is 0 Å². The van der Waals surface area contributed by atoms with E-state index in [1.54, 1.807) is 0 Å². The first-order valence-corrected chi connectivity index (χ1v) is 6.41. The largest absolute Gasteiger partial charge is 0.293 e. The number of hydrogen-bond donors (Lipinski definition) is 0. The third-order valence-electron chi connectivity index (χ3n) is 3.18. The normalized spacial score (nSPS) is 14.1. The zero-order valence-corrected chi connectivity index (χ0v) is 11.5. The van der Waals surface area contributed by atoms with Crippen LogP contribution < -0.4 is 0 Å². The Labute approximate surface area is 102 Å². The molecule has 0 bridgehead atoms. The summed E-state index contributed by atoms with van der Waals surface area (Å²) in [6, 6.07) is 0. The maximum atomic E-state index is 3.80. The number of nitrogens with zero attached hydrogens (tertiary/aromatic N) is 1. The van der Waals surface area contributed by atoms with Crippen LogP contribution in [-0.4, -0.2) is 24.5 Å². The highest BCUT2D eigenvalue weighted by molar-refractivity contribution is 5.18. The van der Waals surface area contributed by atoms with Gasteiger partial charge in [-0.3, -0.25) is 4.90 Å². The highest BCUT2D eigenvalue weighted by atomic mass is 15.1. The van der Waals surface area contributed by atoms with Gasteiger partial charge in [-0.05, 0) is 39.8 Å². The van der Waals surface area contributed by atoms with E-state index in [2.05, 4.69) is 51.3 Å². The molecule has 0 heterocycles. The summed E-state index contributed by atoms with van der Waals surface area (Å²) in [7, 11) is 4.25. The molecule has 1 atom stereocenters. The fourth-order valence-electron chi connectivity index (χ4n) is 1.81. The topological polar surface area (TPSA) is 3.24 Å². The lowest BCUT2D eigenvalue weighted by molar-refractivity contribution is 0.199. The molecule has 0 rings (SSSR count). The first-order valence-electron chi connectivity index (χ1n) is 6.41. The van der Waals surface area contributed by atoms with E-state index in [0.717, 1.165) is 25.7 Å². The van der Waals surface area contributed by atoms with Gasteiger partial charge in [0, 0.05) is 6.42 Å². The molecule has 1 heteroatoms. The van der Waals surface area contributed by atoms with E-state index in [1.165, 1.54) is 12.8 Å². The van der Waals surface area contributed by atoms with Crippen LogP contribution in [0.3, 0.4) is 0 Å². The quantitative estimate of drug-likeness (QED) is 0.358. The highest BCUT2D eigenvalue weighted by Gasteiger charge is 2.27. The van der Waals surface area contributed by atoms with Crippen LogP contribution in [0, 0.1) is 11.8 Å². The van der Waals surface area contributed by atoms with Crippen molar-refractivity contribution in [1.29, 1.82) is 0 Å². The van der Waals surface area contributed by atoms with Crippen molar-refractivity contribution in [3.05, 3.63) is 12.7 Å².